The molecule has 0 radical (unpaired) electrons. The van der Waals surface area contributed by atoms with Crippen LogP contribution in [0.2, 0.25) is 0 Å². The predicted molar refractivity (Wildman–Crippen MR) is 67.0 cm³/mol. The molecule has 2 N–H and O–H groups in total. The lowest BCUT2D eigenvalue weighted by molar-refractivity contribution is 0.142. The van der Waals surface area contributed by atoms with Crippen molar-refractivity contribution < 1.29 is 0 Å². The summed E-state index contributed by atoms with van der Waals surface area (Å²) >= 11 is 0. The van der Waals surface area contributed by atoms with Crippen LogP contribution in [-0.4, -0.2) is 30.6 Å². The molecule has 0 aromatic heterocycles. The zero-order chi connectivity index (χ0) is 11.1. The third-order valence-electron chi connectivity index (χ3n) is 3.70. The number of nitrogens with two attached hydrogens (primary N) is 1. The van der Waals surface area contributed by atoms with E-state index in [4.69, 9.17) is 5.73 Å². The van der Waals surface area contributed by atoms with Crippen LogP contribution in [0.4, 0.5) is 0 Å². The monoisotopic (exact) mass is 212 g/mol. The lowest BCUT2D eigenvalue weighted by atomic mass is 9.93. The van der Waals surface area contributed by atoms with Crippen molar-refractivity contribution >= 4 is 0 Å². The Bertz CT molecular complexity index is 153. The first-order valence-corrected chi connectivity index (χ1v) is 6.72. The summed E-state index contributed by atoms with van der Waals surface area (Å²) in [5.74, 6) is 0.761. The molecule has 2 heteroatoms. The van der Waals surface area contributed by atoms with Gasteiger partial charge in [0, 0.05) is 12.6 Å². The fourth-order valence-corrected chi connectivity index (χ4v) is 2.76. The van der Waals surface area contributed by atoms with Gasteiger partial charge in [0.2, 0.25) is 0 Å². The Morgan fingerprint density at radius 3 is 2.47 bits per heavy atom. The Hall–Kier alpha value is -0.0800. The number of hydrogen-bond acceptors (Lipinski definition) is 2. The minimum atomic E-state index is 0.761. The molecular formula is C13H28N2. The smallest absolute Gasteiger partial charge is 0.00952 e. The van der Waals surface area contributed by atoms with E-state index >= 15 is 0 Å². The van der Waals surface area contributed by atoms with Crippen molar-refractivity contribution in [2.24, 2.45) is 11.7 Å². The highest BCUT2D eigenvalue weighted by Crippen LogP contribution is 2.23. The summed E-state index contributed by atoms with van der Waals surface area (Å²) in [6.07, 6.45) is 8.33. The van der Waals surface area contributed by atoms with Gasteiger partial charge in [0.15, 0.2) is 0 Å². The van der Waals surface area contributed by atoms with Crippen LogP contribution in [0.15, 0.2) is 0 Å². The molecule has 1 aliphatic carbocycles. The summed E-state index contributed by atoms with van der Waals surface area (Å²) in [6, 6.07) is 0.865. The SMILES string of the molecule is CCN(CC(C)CCN)C1CCCCC1. The van der Waals surface area contributed by atoms with Crippen molar-refractivity contribution in [2.75, 3.05) is 19.6 Å². The zero-order valence-corrected chi connectivity index (χ0v) is 10.5. The van der Waals surface area contributed by atoms with E-state index in [2.05, 4.69) is 18.7 Å². The van der Waals surface area contributed by atoms with Gasteiger partial charge in [-0.25, -0.2) is 0 Å². The van der Waals surface area contributed by atoms with E-state index in [1.165, 1.54) is 51.6 Å². The largest absolute Gasteiger partial charge is 0.330 e. The van der Waals surface area contributed by atoms with Crippen LogP contribution in [0.25, 0.3) is 0 Å². The Labute approximate surface area is 95.2 Å². The molecule has 1 fully saturated rings. The van der Waals surface area contributed by atoms with Gasteiger partial charge in [-0.05, 0) is 38.3 Å². The summed E-state index contributed by atoms with van der Waals surface area (Å²) in [5, 5.41) is 0. The van der Waals surface area contributed by atoms with Crippen molar-refractivity contribution in [3.05, 3.63) is 0 Å². The maximum absolute atomic E-state index is 5.61. The van der Waals surface area contributed by atoms with Gasteiger partial charge in [0.25, 0.3) is 0 Å². The highest BCUT2D eigenvalue weighted by Gasteiger charge is 2.20. The van der Waals surface area contributed by atoms with E-state index in [0.717, 1.165) is 18.5 Å². The third-order valence-corrected chi connectivity index (χ3v) is 3.70. The summed E-state index contributed by atoms with van der Waals surface area (Å²) in [7, 11) is 0. The van der Waals surface area contributed by atoms with Crippen LogP contribution in [0.5, 0.6) is 0 Å². The van der Waals surface area contributed by atoms with Gasteiger partial charge < -0.3 is 10.6 Å². The molecule has 0 aromatic carbocycles. The van der Waals surface area contributed by atoms with Gasteiger partial charge in [-0.3, -0.25) is 0 Å². The zero-order valence-electron chi connectivity index (χ0n) is 10.5. The molecule has 1 atom stereocenters. The third kappa shape index (κ3) is 4.52. The molecule has 0 aromatic rings. The number of nitrogens with zero attached hydrogens (tertiary/aromatic N) is 1. The predicted octanol–water partition coefficient (Wildman–Crippen LogP) is 2.63. The van der Waals surface area contributed by atoms with E-state index in [-0.39, 0.29) is 0 Å². The van der Waals surface area contributed by atoms with Gasteiger partial charge in [-0.1, -0.05) is 33.1 Å². The minimum Gasteiger partial charge on any atom is -0.330 e. The maximum Gasteiger partial charge on any atom is 0.00952 e. The van der Waals surface area contributed by atoms with Crippen LogP contribution < -0.4 is 5.73 Å². The molecule has 1 aliphatic rings. The second-order valence-electron chi connectivity index (χ2n) is 5.06. The molecule has 15 heavy (non-hydrogen) atoms. The Morgan fingerprint density at radius 2 is 1.93 bits per heavy atom. The normalized spacial score (nSPS) is 20.8. The van der Waals surface area contributed by atoms with Crippen LogP contribution in [0, 0.1) is 5.92 Å². The molecule has 2 nitrogen and oxygen atoms in total. The Morgan fingerprint density at radius 1 is 1.27 bits per heavy atom. The quantitative estimate of drug-likeness (QED) is 0.733. The first kappa shape index (κ1) is 13.0. The van der Waals surface area contributed by atoms with E-state index in [0.29, 0.717) is 0 Å². The summed E-state index contributed by atoms with van der Waals surface area (Å²) < 4.78 is 0. The van der Waals surface area contributed by atoms with Crippen LogP contribution in [0.3, 0.4) is 0 Å². The van der Waals surface area contributed by atoms with Crippen molar-refractivity contribution in [2.45, 2.75) is 58.4 Å². The second-order valence-corrected chi connectivity index (χ2v) is 5.06. The van der Waals surface area contributed by atoms with Gasteiger partial charge >= 0.3 is 0 Å². The topological polar surface area (TPSA) is 29.3 Å². The highest BCUT2D eigenvalue weighted by atomic mass is 15.1. The summed E-state index contributed by atoms with van der Waals surface area (Å²) in [5.41, 5.74) is 5.61. The fourth-order valence-electron chi connectivity index (χ4n) is 2.76. The van der Waals surface area contributed by atoms with E-state index in [9.17, 15) is 0 Å². The summed E-state index contributed by atoms with van der Waals surface area (Å²) in [6.45, 7) is 7.92. The molecule has 0 heterocycles. The van der Waals surface area contributed by atoms with Gasteiger partial charge in [0.05, 0.1) is 0 Å². The van der Waals surface area contributed by atoms with Gasteiger partial charge in [0.1, 0.15) is 0 Å². The molecule has 1 rings (SSSR count). The average molecular weight is 212 g/mol. The number of hydrogen-bond donors (Lipinski definition) is 1. The van der Waals surface area contributed by atoms with Gasteiger partial charge in [-0.2, -0.15) is 0 Å². The molecule has 0 bridgehead atoms. The van der Waals surface area contributed by atoms with Crippen molar-refractivity contribution in [3.8, 4) is 0 Å². The molecule has 90 valence electrons. The average Bonchev–Trinajstić information content (AvgIpc) is 2.27. The second kappa shape index (κ2) is 7.24. The standard InChI is InChI=1S/C13H28N2/c1-3-15(11-12(2)9-10-14)13-7-5-4-6-8-13/h12-13H,3-11,14H2,1-2H3. The molecule has 1 unspecified atom stereocenters. The van der Waals surface area contributed by atoms with E-state index in [1.54, 1.807) is 0 Å². The minimum absolute atomic E-state index is 0.761. The molecule has 1 saturated carbocycles. The van der Waals surface area contributed by atoms with Crippen LogP contribution >= 0.6 is 0 Å². The van der Waals surface area contributed by atoms with Crippen molar-refractivity contribution in [1.29, 1.82) is 0 Å². The van der Waals surface area contributed by atoms with Crippen molar-refractivity contribution in [3.63, 3.8) is 0 Å². The molecule has 0 amide bonds. The van der Waals surface area contributed by atoms with Crippen molar-refractivity contribution in [1.82, 2.24) is 4.90 Å². The van der Waals surface area contributed by atoms with E-state index < -0.39 is 0 Å². The van der Waals surface area contributed by atoms with Crippen LogP contribution in [-0.2, 0) is 0 Å². The van der Waals surface area contributed by atoms with Gasteiger partial charge in [-0.15, -0.1) is 0 Å². The first-order chi connectivity index (χ1) is 7.27. The lowest BCUT2D eigenvalue weighted by Gasteiger charge is -2.35. The molecule has 0 spiro atoms. The maximum atomic E-state index is 5.61. The lowest BCUT2D eigenvalue weighted by Crippen LogP contribution is -2.39. The van der Waals surface area contributed by atoms with Crippen LogP contribution in [0.1, 0.15) is 52.4 Å². The first-order valence-electron chi connectivity index (χ1n) is 6.72. The summed E-state index contributed by atoms with van der Waals surface area (Å²) in [4.78, 5) is 2.68. The van der Waals surface area contributed by atoms with E-state index in [1.807, 2.05) is 0 Å². The number of rotatable bonds is 6. The highest BCUT2D eigenvalue weighted by molar-refractivity contribution is 4.76. The fraction of sp³-hybridized carbons (Fsp3) is 1.00. The molecule has 0 aliphatic heterocycles. The molecular weight excluding hydrogens is 184 g/mol. The Balaban J connectivity index is 2.32. The Kier molecular flexibility index (Phi) is 6.26. The molecule has 0 saturated heterocycles.